The molecule has 0 saturated carbocycles. The Labute approximate surface area is 105 Å². The van der Waals surface area contributed by atoms with Crippen molar-refractivity contribution in [3.05, 3.63) is 23.8 Å². The monoisotopic (exact) mass is 252 g/mol. The van der Waals surface area contributed by atoms with Crippen LogP contribution >= 0.6 is 0 Å². The fourth-order valence-electron chi connectivity index (χ4n) is 1.22. The van der Waals surface area contributed by atoms with Crippen molar-refractivity contribution in [3.8, 4) is 5.75 Å². The number of carboxylic acids is 1. The van der Waals surface area contributed by atoms with Crippen molar-refractivity contribution in [1.82, 2.24) is 0 Å². The minimum absolute atomic E-state index is 0.114. The predicted octanol–water partition coefficient (Wildman–Crippen LogP) is 0.857. The second-order valence-corrected chi connectivity index (χ2v) is 4.57. The lowest BCUT2D eigenvalue weighted by molar-refractivity contribution is -0.148. The van der Waals surface area contributed by atoms with Gasteiger partial charge in [-0.25, -0.2) is 0 Å². The molecule has 0 aliphatic heterocycles. The van der Waals surface area contributed by atoms with Gasteiger partial charge < -0.3 is 21.3 Å². The van der Waals surface area contributed by atoms with Gasteiger partial charge in [0.15, 0.2) is 5.75 Å². The Hall–Kier alpha value is -2.24. The van der Waals surface area contributed by atoms with Gasteiger partial charge in [-0.1, -0.05) is 6.07 Å². The number of nitrogen functional groups attached to an aromatic ring is 1. The van der Waals surface area contributed by atoms with Crippen LogP contribution in [0.2, 0.25) is 0 Å². The maximum atomic E-state index is 11.2. The molecule has 0 atom stereocenters. The Morgan fingerprint density at radius 1 is 1.39 bits per heavy atom. The van der Waals surface area contributed by atoms with Crippen LogP contribution in [0, 0.1) is 5.41 Å². The number of benzene rings is 1. The Morgan fingerprint density at radius 2 is 2.00 bits per heavy atom. The second kappa shape index (κ2) is 4.95. The second-order valence-electron chi connectivity index (χ2n) is 4.57. The van der Waals surface area contributed by atoms with Crippen LogP contribution in [0.5, 0.6) is 5.75 Å². The van der Waals surface area contributed by atoms with Gasteiger partial charge in [-0.3, -0.25) is 9.59 Å². The zero-order chi connectivity index (χ0) is 13.9. The first-order valence-electron chi connectivity index (χ1n) is 5.30. The van der Waals surface area contributed by atoms with Gasteiger partial charge in [-0.05, 0) is 26.0 Å². The van der Waals surface area contributed by atoms with E-state index in [4.69, 9.17) is 21.3 Å². The van der Waals surface area contributed by atoms with Crippen LogP contribution in [0.25, 0.3) is 0 Å². The summed E-state index contributed by atoms with van der Waals surface area (Å²) in [5.74, 6) is -1.55. The zero-order valence-electron chi connectivity index (χ0n) is 10.3. The molecule has 0 bridgehead atoms. The number of hydrogen-bond acceptors (Lipinski definition) is 4. The average Bonchev–Trinajstić information content (AvgIpc) is 2.26. The van der Waals surface area contributed by atoms with Crippen LogP contribution in [-0.2, 0) is 4.79 Å². The molecule has 0 spiro atoms. The molecule has 5 N–H and O–H groups in total. The third-order valence-electron chi connectivity index (χ3n) is 2.47. The summed E-state index contributed by atoms with van der Waals surface area (Å²) in [6, 6.07) is 4.60. The topological polar surface area (TPSA) is 116 Å². The average molecular weight is 252 g/mol. The number of nitrogens with two attached hydrogens (primary N) is 2. The van der Waals surface area contributed by atoms with Crippen LogP contribution in [0.1, 0.15) is 24.2 Å². The molecule has 18 heavy (non-hydrogen) atoms. The van der Waals surface area contributed by atoms with Gasteiger partial charge in [0.05, 0.1) is 16.7 Å². The Kier molecular flexibility index (Phi) is 3.80. The Bertz CT molecular complexity index is 483. The number of ether oxygens (including phenoxy) is 1. The van der Waals surface area contributed by atoms with Crippen molar-refractivity contribution in [2.75, 3.05) is 12.3 Å². The molecule has 1 rings (SSSR count). The highest BCUT2D eigenvalue weighted by atomic mass is 16.5. The van der Waals surface area contributed by atoms with Gasteiger partial charge in [-0.2, -0.15) is 0 Å². The zero-order valence-corrected chi connectivity index (χ0v) is 10.3. The fraction of sp³-hybridized carbons (Fsp3) is 0.333. The van der Waals surface area contributed by atoms with Crippen LogP contribution in [-0.4, -0.2) is 23.6 Å². The maximum absolute atomic E-state index is 11.2. The van der Waals surface area contributed by atoms with Crippen LogP contribution in [0.3, 0.4) is 0 Å². The summed E-state index contributed by atoms with van der Waals surface area (Å²) in [5.41, 5.74) is 10.2. The van der Waals surface area contributed by atoms with E-state index in [0.29, 0.717) is 0 Å². The molecule has 6 heteroatoms. The maximum Gasteiger partial charge on any atom is 0.312 e. The summed E-state index contributed by atoms with van der Waals surface area (Å²) in [6.07, 6.45) is 0. The molecular weight excluding hydrogens is 236 g/mol. The van der Waals surface area contributed by atoms with E-state index in [2.05, 4.69) is 0 Å². The molecule has 1 amide bonds. The van der Waals surface area contributed by atoms with Crippen molar-refractivity contribution >= 4 is 17.6 Å². The number of aliphatic carboxylic acids is 1. The summed E-state index contributed by atoms with van der Waals surface area (Å²) >= 11 is 0. The minimum atomic E-state index is -1.09. The van der Waals surface area contributed by atoms with E-state index < -0.39 is 17.3 Å². The minimum Gasteiger partial charge on any atom is -0.489 e. The largest absolute Gasteiger partial charge is 0.489 e. The molecule has 0 fully saturated rings. The highest BCUT2D eigenvalue weighted by Crippen LogP contribution is 2.28. The smallest absolute Gasteiger partial charge is 0.312 e. The van der Waals surface area contributed by atoms with Crippen LogP contribution < -0.4 is 16.2 Å². The van der Waals surface area contributed by atoms with Gasteiger partial charge in [0.1, 0.15) is 6.61 Å². The lowest BCUT2D eigenvalue weighted by atomic mass is 9.95. The molecule has 0 heterocycles. The Morgan fingerprint density at radius 3 is 2.50 bits per heavy atom. The number of carboxylic acid groups (broad SMARTS) is 1. The van der Waals surface area contributed by atoms with Crippen molar-refractivity contribution in [3.63, 3.8) is 0 Å². The number of carbonyl (C=O) groups excluding carboxylic acids is 1. The molecule has 0 aliphatic carbocycles. The van der Waals surface area contributed by atoms with Crippen molar-refractivity contribution in [2.45, 2.75) is 13.8 Å². The summed E-state index contributed by atoms with van der Waals surface area (Å²) in [7, 11) is 0. The molecule has 0 saturated heterocycles. The van der Waals surface area contributed by atoms with Gasteiger partial charge in [0.2, 0.25) is 0 Å². The number of primary amides is 1. The Balaban J connectivity index is 2.98. The summed E-state index contributed by atoms with van der Waals surface area (Å²) in [4.78, 5) is 22.1. The van der Waals surface area contributed by atoms with E-state index in [-0.39, 0.29) is 23.6 Å². The summed E-state index contributed by atoms with van der Waals surface area (Å²) < 4.78 is 5.35. The lowest BCUT2D eigenvalue weighted by Gasteiger charge is -2.21. The number of para-hydroxylation sites is 1. The van der Waals surface area contributed by atoms with E-state index in [1.54, 1.807) is 12.1 Å². The first-order chi connectivity index (χ1) is 8.25. The van der Waals surface area contributed by atoms with Crippen molar-refractivity contribution in [2.24, 2.45) is 11.1 Å². The molecule has 0 unspecified atom stereocenters. The lowest BCUT2D eigenvalue weighted by Crippen LogP contribution is -2.31. The first-order valence-corrected chi connectivity index (χ1v) is 5.30. The van der Waals surface area contributed by atoms with Crippen molar-refractivity contribution in [1.29, 1.82) is 0 Å². The molecule has 1 aromatic rings. The summed E-state index contributed by atoms with van der Waals surface area (Å²) in [5, 5.41) is 8.96. The third kappa shape index (κ3) is 2.91. The summed E-state index contributed by atoms with van der Waals surface area (Å²) in [6.45, 7) is 2.91. The van der Waals surface area contributed by atoms with Crippen LogP contribution in [0.15, 0.2) is 18.2 Å². The molecule has 0 aliphatic rings. The number of amides is 1. The van der Waals surface area contributed by atoms with Crippen molar-refractivity contribution < 1.29 is 19.4 Å². The standard InChI is InChI=1S/C12H16N2O4/c1-12(2,11(16)17)6-18-9-7(10(14)15)4-3-5-8(9)13/h3-5H,6,13H2,1-2H3,(H2,14,15)(H,16,17). The van der Waals surface area contributed by atoms with E-state index in [1.165, 1.54) is 19.9 Å². The van der Waals surface area contributed by atoms with E-state index in [0.717, 1.165) is 0 Å². The highest BCUT2D eigenvalue weighted by molar-refractivity contribution is 5.97. The molecule has 98 valence electrons. The van der Waals surface area contributed by atoms with Crippen LogP contribution in [0.4, 0.5) is 5.69 Å². The van der Waals surface area contributed by atoms with E-state index in [9.17, 15) is 9.59 Å². The quantitative estimate of drug-likeness (QED) is 0.672. The van der Waals surface area contributed by atoms with Gasteiger partial charge in [0, 0.05) is 0 Å². The number of hydrogen-bond donors (Lipinski definition) is 3. The SMILES string of the molecule is CC(C)(COc1c(N)cccc1C(N)=O)C(=O)O. The van der Waals surface area contributed by atoms with Gasteiger partial charge in [-0.15, -0.1) is 0 Å². The molecule has 6 nitrogen and oxygen atoms in total. The van der Waals surface area contributed by atoms with Gasteiger partial charge >= 0.3 is 5.97 Å². The molecule has 0 radical (unpaired) electrons. The molecule has 0 aromatic heterocycles. The fourth-order valence-corrected chi connectivity index (χ4v) is 1.22. The molecule has 1 aromatic carbocycles. The predicted molar refractivity (Wildman–Crippen MR) is 66.3 cm³/mol. The number of rotatable bonds is 5. The first kappa shape index (κ1) is 13.8. The molecular formula is C12H16N2O4. The number of carbonyl (C=O) groups is 2. The van der Waals surface area contributed by atoms with Gasteiger partial charge in [0.25, 0.3) is 5.91 Å². The van der Waals surface area contributed by atoms with E-state index in [1.807, 2.05) is 0 Å². The van der Waals surface area contributed by atoms with E-state index >= 15 is 0 Å². The third-order valence-corrected chi connectivity index (χ3v) is 2.47. The number of anilines is 1. The highest BCUT2D eigenvalue weighted by Gasteiger charge is 2.29. The normalized spacial score (nSPS) is 11.0.